The van der Waals surface area contributed by atoms with Gasteiger partial charge in [-0.05, 0) is 36.3 Å². The summed E-state index contributed by atoms with van der Waals surface area (Å²) in [6, 6.07) is 15.0. The van der Waals surface area contributed by atoms with Gasteiger partial charge >= 0.3 is 12.1 Å². The van der Waals surface area contributed by atoms with Gasteiger partial charge < -0.3 is 20.1 Å². The number of nitrogens with zero attached hydrogens (tertiary/aromatic N) is 1. The van der Waals surface area contributed by atoms with Crippen molar-refractivity contribution in [2.75, 3.05) is 33.9 Å². The Kier molecular flexibility index (Phi) is 7.22. The number of hydrogen-bond donors (Lipinski definition) is 3. The summed E-state index contributed by atoms with van der Waals surface area (Å²) in [4.78, 5) is 41.5. The largest absolute Gasteiger partial charge is 0.479 e. The number of likely N-dealkylation sites (N-methyl/N-ethyl adjacent to an activating group) is 1. The van der Waals surface area contributed by atoms with Crippen molar-refractivity contribution in [3.63, 3.8) is 0 Å². The molecule has 0 saturated carbocycles. The van der Waals surface area contributed by atoms with E-state index in [2.05, 4.69) is 10.2 Å². The monoisotopic (exact) mass is 427 g/mol. The van der Waals surface area contributed by atoms with Crippen LogP contribution in [0, 0.1) is 0 Å². The maximum absolute atomic E-state index is 12.4. The maximum atomic E-state index is 12.4. The van der Waals surface area contributed by atoms with E-state index in [-0.39, 0.29) is 19.1 Å². The molecule has 1 aliphatic carbocycles. The maximum Gasteiger partial charge on any atom is 0.407 e. The Morgan fingerprint density at radius 1 is 1.03 bits per heavy atom. The Morgan fingerprint density at radius 3 is 2.16 bits per heavy atom. The lowest BCUT2D eigenvalue weighted by Crippen LogP contribution is -2.52. The van der Waals surface area contributed by atoms with Crippen molar-refractivity contribution < 1.29 is 29.1 Å². The van der Waals surface area contributed by atoms with Crippen LogP contribution in [0.1, 0.15) is 17.0 Å². The number of alkyl carbamates (subject to hydrolysis) is 1. The fourth-order valence-corrected chi connectivity index (χ4v) is 3.58. The van der Waals surface area contributed by atoms with Crippen LogP contribution in [0.5, 0.6) is 0 Å². The minimum atomic E-state index is -1.23. The number of aliphatic carboxylic acids is 1. The van der Waals surface area contributed by atoms with Gasteiger partial charge in [0.1, 0.15) is 12.6 Å². The van der Waals surface area contributed by atoms with Crippen molar-refractivity contribution in [2.24, 2.45) is 0 Å². The lowest BCUT2D eigenvalue weighted by molar-refractivity contribution is -0.150. The lowest BCUT2D eigenvalue weighted by Gasteiger charge is -2.22. The van der Waals surface area contributed by atoms with Gasteiger partial charge in [0, 0.05) is 12.5 Å². The molecule has 0 fully saturated rings. The summed E-state index contributed by atoms with van der Waals surface area (Å²) in [5.74, 6) is -2.00. The molecule has 164 valence electrons. The quantitative estimate of drug-likeness (QED) is 0.520. The van der Waals surface area contributed by atoms with Crippen LogP contribution in [0.25, 0.3) is 11.1 Å². The van der Waals surface area contributed by atoms with Crippen molar-refractivity contribution in [3.05, 3.63) is 59.7 Å². The highest BCUT2D eigenvalue weighted by molar-refractivity contribution is 5.85. The van der Waals surface area contributed by atoms with E-state index >= 15 is 0 Å². The van der Waals surface area contributed by atoms with E-state index in [9.17, 15) is 14.4 Å². The number of fused-ring (bicyclic) bond motifs is 3. The molecule has 0 saturated heterocycles. The molecule has 3 rings (SSSR count). The van der Waals surface area contributed by atoms with Crippen LogP contribution in [0.4, 0.5) is 4.79 Å². The highest BCUT2D eigenvalue weighted by atomic mass is 16.7. The molecule has 9 heteroatoms. The molecule has 2 aromatic carbocycles. The molecule has 1 unspecified atom stereocenters. The van der Waals surface area contributed by atoms with Gasteiger partial charge in [-0.15, -0.1) is 0 Å². The Hall–Kier alpha value is -3.43. The van der Waals surface area contributed by atoms with E-state index < -0.39 is 30.6 Å². The van der Waals surface area contributed by atoms with E-state index in [4.69, 9.17) is 9.84 Å². The standard InChI is InChI=1S/C22H25N3O6/c1-25(2)11-19(21(28)24-31-13-20(26)27)23-22(29)30-12-18-16-9-5-3-7-14(16)15-8-4-6-10-17(15)18/h3-10,18-19H,11-13H2,1-2H3,(H,23,29)(H,24,28)(H,26,27). The predicted molar refractivity (Wildman–Crippen MR) is 112 cm³/mol. The van der Waals surface area contributed by atoms with Crippen molar-refractivity contribution in [1.29, 1.82) is 0 Å². The first-order valence-electron chi connectivity index (χ1n) is 9.76. The molecule has 2 amide bonds. The summed E-state index contributed by atoms with van der Waals surface area (Å²) in [5, 5.41) is 11.1. The average molecular weight is 427 g/mol. The summed E-state index contributed by atoms with van der Waals surface area (Å²) in [6.45, 7) is -0.399. The van der Waals surface area contributed by atoms with E-state index in [1.807, 2.05) is 54.0 Å². The fourth-order valence-electron chi connectivity index (χ4n) is 3.58. The van der Waals surface area contributed by atoms with Gasteiger partial charge in [0.2, 0.25) is 0 Å². The van der Waals surface area contributed by atoms with Gasteiger partial charge in [-0.25, -0.2) is 15.1 Å². The second-order valence-corrected chi connectivity index (χ2v) is 7.43. The molecule has 0 bridgehead atoms. The number of carboxylic acid groups (broad SMARTS) is 1. The summed E-state index contributed by atoms with van der Waals surface area (Å²) in [6.07, 6.45) is -0.748. The molecular formula is C22H25N3O6. The second-order valence-electron chi connectivity index (χ2n) is 7.43. The summed E-state index contributed by atoms with van der Waals surface area (Å²) < 4.78 is 5.46. The zero-order valence-electron chi connectivity index (χ0n) is 17.3. The average Bonchev–Trinajstić information content (AvgIpc) is 3.05. The van der Waals surface area contributed by atoms with Gasteiger partial charge in [-0.3, -0.25) is 9.63 Å². The smallest absolute Gasteiger partial charge is 0.407 e. The number of benzene rings is 2. The number of carboxylic acids is 1. The van der Waals surface area contributed by atoms with Crippen LogP contribution in [-0.4, -0.2) is 67.9 Å². The summed E-state index contributed by atoms with van der Waals surface area (Å²) >= 11 is 0. The molecular weight excluding hydrogens is 402 g/mol. The normalized spacial score (nSPS) is 13.3. The minimum Gasteiger partial charge on any atom is -0.479 e. The van der Waals surface area contributed by atoms with Crippen LogP contribution < -0.4 is 10.8 Å². The Bertz CT molecular complexity index is 916. The Labute approximate surface area is 179 Å². The van der Waals surface area contributed by atoms with E-state index in [1.165, 1.54) is 0 Å². The molecule has 1 aliphatic rings. The number of hydrogen-bond acceptors (Lipinski definition) is 6. The highest BCUT2D eigenvalue weighted by Gasteiger charge is 2.30. The van der Waals surface area contributed by atoms with Crippen LogP contribution in [0.3, 0.4) is 0 Å². The molecule has 2 aromatic rings. The van der Waals surface area contributed by atoms with E-state index in [0.717, 1.165) is 22.3 Å². The molecule has 9 nitrogen and oxygen atoms in total. The molecule has 31 heavy (non-hydrogen) atoms. The molecule has 3 N–H and O–H groups in total. The first-order chi connectivity index (χ1) is 14.9. The summed E-state index contributed by atoms with van der Waals surface area (Å²) in [5.41, 5.74) is 6.44. The van der Waals surface area contributed by atoms with Gasteiger partial charge in [-0.2, -0.15) is 0 Å². The number of carbonyl (C=O) groups is 3. The molecule has 0 aromatic heterocycles. The molecule has 0 heterocycles. The van der Waals surface area contributed by atoms with E-state index in [1.54, 1.807) is 19.0 Å². The zero-order chi connectivity index (χ0) is 22.4. The molecule has 0 radical (unpaired) electrons. The molecule has 1 atom stereocenters. The Morgan fingerprint density at radius 2 is 1.61 bits per heavy atom. The van der Waals surface area contributed by atoms with Crippen molar-refractivity contribution in [3.8, 4) is 11.1 Å². The van der Waals surface area contributed by atoms with Crippen LogP contribution >= 0.6 is 0 Å². The van der Waals surface area contributed by atoms with Gasteiger partial charge in [-0.1, -0.05) is 48.5 Å². The fraction of sp³-hybridized carbons (Fsp3) is 0.318. The lowest BCUT2D eigenvalue weighted by atomic mass is 9.98. The van der Waals surface area contributed by atoms with Crippen molar-refractivity contribution in [1.82, 2.24) is 15.7 Å². The van der Waals surface area contributed by atoms with Crippen LogP contribution in [0.15, 0.2) is 48.5 Å². The Balaban J connectivity index is 1.62. The number of rotatable bonds is 9. The first kappa shape index (κ1) is 22.3. The van der Waals surface area contributed by atoms with Crippen LogP contribution in [0.2, 0.25) is 0 Å². The zero-order valence-corrected chi connectivity index (χ0v) is 17.3. The van der Waals surface area contributed by atoms with Gasteiger partial charge in [0.25, 0.3) is 5.91 Å². The van der Waals surface area contributed by atoms with Gasteiger partial charge in [0.05, 0.1) is 0 Å². The molecule has 0 aliphatic heterocycles. The van der Waals surface area contributed by atoms with Crippen molar-refractivity contribution in [2.45, 2.75) is 12.0 Å². The number of carbonyl (C=O) groups excluding carboxylic acids is 2. The third-order valence-electron chi connectivity index (χ3n) is 4.87. The predicted octanol–water partition coefficient (Wildman–Crippen LogP) is 1.59. The SMILES string of the molecule is CN(C)CC(NC(=O)OCC1c2ccccc2-c2ccccc21)C(=O)NOCC(=O)O. The van der Waals surface area contributed by atoms with E-state index in [0.29, 0.717) is 0 Å². The minimum absolute atomic E-state index is 0.0989. The third-order valence-corrected chi connectivity index (χ3v) is 4.87. The number of ether oxygens (including phenoxy) is 1. The second kappa shape index (κ2) is 10.1. The van der Waals surface area contributed by atoms with Gasteiger partial charge in [0.15, 0.2) is 6.61 Å². The highest BCUT2D eigenvalue weighted by Crippen LogP contribution is 2.44. The number of amides is 2. The first-order valence-corrected chi connectivity index (χ1v) is 9.76. The topological polar surface area (TPSA) is 117 Å². The number of nitrogens with one attached hydrogen (secondary N) is 2. The summed E-state index contributed by atoms with van der Waals surface area (Å²) in [7, 11) is 3.47. The number of hydroxylamine groups is 1. The third kappa shape index (κ3) is 5.59. The molecule has 0 spiro atoms. The van der Waals surface area contributed by atoms with Crippen LogP contribution in [-0.2, 0) is 19.2 Å². The van der Waals surface area contributed by atoms with Crippen molar-refractivity contribution >= 4 is 18.0 Å².